The van der Waals surface area contributed by atoms with Gasteiger partial charge < -0.3 is 15.1 Å². The first kappa shape index (κ1) is 18.3. The Bertz CT molecular complexity index is 570. The average Bonchev–Trinajstić information content (AvgIpc) is 2.57. The number of hydrogen-bond acceptors (Lipinski definition) is 2. The van der Waals surface area contributed by atoms with Crippen molar-refractivity contribution < 1.29 is 9.59 Å². The van der Waals surface area contributed by atoms with Crippen molar-refractivity contribution in [3.63, 3.8) is 0 Å². The lowest BCUT2D eigenvalue weighted by atomic mass is 10.0. The highest BCUT2D eigenvalue weighted by Gasteiger charge is 2.26. The van der Waals surface area contributed by atoms with E-state index in [-0.39, 0.29) is 24.0 Å². The molecule has 0 spiro atoms. The summed E-state index contributed by atoms with van der Waals surface area (Å²) in [5.74, 6) is 0.152. The van der Waals surface area contributed by atoms with Crippen LogP contribution in [0.2, 0.25) is 0 Å². The van der Waals surface area contributed by atoms with Gasteiger partial charge in [-0.2, -0.15) is 0 Å². The lowest BCUT2D eigenvalue weighted by Gasteiger charge is -2.33. The van der Waals surface area contributed by atoms with E-state index in [1.807, 2.05) is 7.05 Å². The molecule has 1 heterocycles. The molecule has 3 amide bonds. The minimum Gasteiger partial charge on any atom is -0.344 e. The van der Waals surface area contributed by atoms with E-state index in [1.54, 1.807) is 16.8 Å². The Morgan fingerprint density at radius 2 is 2.04 bits per heavy atom. The van der Waals surface area contributed by atoms with Gasteiger partial charge in [-0.15, -0.1) is 0 Å². The summed E-state index contributed by atoms with van der Waals surface area (Å²) in [6.45, 7) is 4.77. The number of likely N-dealkylation sites (tertiary alicyclic amines) is 1. The third-order valence-corrected chi connectivity index (χ3v) is 4.89. The van der Waals surface area contributed by atoms with E-state index in [0.717, 1.165) is 19.3 Å². The molecule has 1 fully saturated rings. The Morgan fingerprint density at radius 3 is 2.62 bits per heavy atom. The number of piperidine rings is 1. The zero-order chi connectivity index (χ0) is 17.7. The molecule has 0 unspecified atom stereocenters. The van der Waals surface area contributed by atoms with Gasteiger partial charge in [0.1, 0.15) is 0 Å². The van der Waals surface area contributed by atoms with Crippen molar-refractivity contribution in [2.45, 2.75) is 51.6 Å². The van der Waals surface area contributed by atoms with Crippen molar-refractivity contribution in [3.8, 4) is 0 Å². The number of carbonyl (C=O) groups is 2. The molecule has 132 valence electrons. The van der Waals surface area contributed by atoms with Gasteiger partial charge in [-0.25, -0.2) is 4.79 Å². The Labute approximate surface area is 145 Å². The molecule has 5 heteroatoms. The zero-order valence-electron chi connectivity index (χ0n) is 15.2. The number of amides is 3. The molecule has 2 rings (SSSR count). The van der Waals surface area contributed by atoms with Crippen LogP contribution in [-0.2, 0) is 11.2 Å². The summed E-state index contributed by atoms with van der Waals surface area (Å²) in [6.07, 6.45) is 2.98. The van der Waals surface area contributed by atoms with Crippen LogP contribution in [0.5, 0.6) is 0 Å². The fraction of sp³-hybridized carbons (Fsp3) is 0.579. The summed E-state index contributed by atoms with van der Waals surface area (Å²) in [5, 5.41) is 3.07. The average molecular weight is 331 g/mol. The van der Waals surface area contributed by atoms with Gasteiger partial charge in [0.25, 0.3) is 0 Å². The van der Waals surface area contributed by atoms with Gasteiger partial charge in [-0.05, 0) is 31.7 Å². The number of likely N-dealkylation sites (N-methyl/N-ethyl adjacent to an activating group) is 2. The Balaban J connectivity index is 1.92. The molecule has 0 saturated carbocycles. The minimum absolute atomic E-state index is 0.0412. The van der Waals surface area contributed by atoms with Crippen LogP contribution in [0.3, 0.4) is 0 Å². The molecular formula is C19H29N3O2. The number of nitrogens with one attached hydrogen (secondary N) is 1. The molecular weight excluding hydrogens is 302 g/mol. The quantitative estimate of drug-likeness (QED) is 0.901. The number of aryl methyl sites for hydroxylation is 1. The Morgan fingerprint density at radius 1 is 1.38 bits per heavy atom. The number of nitrogens with zero attached hydrogens (tertiary/aromatic N) is 2. The van der Waals surface area contributed by atoms with Crippen molar-refractivity contribution in [1.29, 1.82) is 0 Å². The van der Waals surface area contributed by atoms with Crippen molar-refractivity contribution in [2.24, 2.45) is 0 Å². The summed E-state index contributed by atoms with van der Waals surface area (Å²) in [5.41, 5.74) is 2.49. The number of carbonyl (C=O) groups excluding carboxylic acids is 2. The van der Waals surface area contributed by atoms with Gasteiger partial charge in [-0.3, -0.25) is 4.79 Å². The molecule has 1 saturated heterocycles. The largest absolute Gasteiger partial charge is 0.344 e. The zero-order valence-corrected chi connectivity index (χ0v) is 15.2. The first-order chi connectivity index (χ1) is 11.4. The van der Waals surface area contributed by atoms with Crippen molar-refractivity contribution in [3.05, 3.63) is 35.4 Å². The molecule has 0 aromatic heterocycles. The second-order valence-electron chi connectivity index (χ2n) is 6.82. The lowest BCUT2D eigenvalue weighted by molar-refractivity contribution is -0.132. The topological polar surface area (TPSA) is 52.7 Å². The Kier molecular flexibility index (Phi) is 6.23. The molecule has 1 aromatic rings. The molecule has 0 bridgehead atoms. The summed E-state index contributed by atoms with van der Waals surface area (Å²) < 4.78 is 0. The molecule has 1 N–H and O–H groups in total. The highest BCUT2D eigenvalue weighted by atomic mass is 16.2. The van der Waals surface area contributed by atoms with E-state index in [9.17, 15) is 9.59 Å². The van der Waals surface area contributed by atoms with E-state index in [4.69, 9.17) is 0 Å². The van der Waals surface area contributed by atoms with Crippen molar-refractivity contribution in [2.75, 3.05) is 20.6 Å². The van der Waals surface area contributed by atoms with Gasteiger partial charge in [0.15, 0.2) is 0 Å². The van der Waals surface area contributed by atoms with Gasteiger partial charge in [0.2, 0.25) is 5.91 Å². The van der Waals surface area contributed by atoms with E-state index in [0.29, 0.717) is 13.0 Å². The molecule has 5 nitrogen and oxygen atoms in total. The SMILES string of the molecule is CC[C@@H](Cc1ccc(C)cc1)N(C)C(=O)N[C@H]1CCC(=O)N(C)C1. The van der Waals surface area contributed by atoms with Crippen LogP contribution in [-0.4, -0.2) is 54.5 Å². The molecule has 1 aromatic carbocycles. The maximum absolute atomic E-state index is 12.6. The summed E-state index contributed by atoms with van der Waals surface area (Å²) in [4.78, 5) is 27.6. The third kappa shape index (κ3) is 4.73. The van der Waals surface area contributed by atoms with Gasteiger partial charge in [0.05, 0.1) is 0 Å². The number of hydrogen-bond donors (Lipinski definition) is 1. The standard InChI is InChI=1S/C19H29N3O2/c1-5-17(12-15-8-6-14(2)7-9-15)22(4)19(24)20-16-10-11-18(23)21(3)13-16/h6-9,16-17H,5,10-13H2,1-4H3,(H,20,24)/t16-,17-/m0/s1. The summed E-state index contributed by atoms with van der Waals surface area (Å²) in [7, 11) is 3.64. The van der Waals surface area contributed by atoms with Crippen molar-refractivity contribution >= 4 is 11.9 Å². The highest BCUT2D eigenvalue weighted by molar-refractivity contribution is 5.78. The van der Waals surface area contributed by atoms with Crippen LogP contribution in [0.1, 0.15) is 37.3 Å². The predicted molar refractivity (Wildman–Crippen MR) is 95.9 cm³/mol. The van der Waals surface area contributed by atoms with Crippen LogP contribution in [0.15, 0.2) is 24.3 Å². The predicted octanol–water partition coefficient (Wildman–Crippen LogP) is 2.58. The number of urea groups is 1. The molecule has 1 aliphatic rings. The van der Waals surface area contributed by atoms with Gasteiger partial charge in [0, 0.05) is 39.1 Å². The maximum atomic E-state index is 12.6. The van der Waals surface area contributed by atoms with Crippen LogP contribution in [0.4, 0.5) is 4.79 Å². The van der Waals surface area contributed by atoms with Gasteiger partial charge in [-0.1, -0.05) is 36.8 Å². The smallest absolute Gasteiger partial charge is 0.317 e. The molecule has 2 atom stereocenters. The van der Waals surface area contributed by atoms with Crippen LogP contribution in [0, 0.1) is 6.92 Å². The van der Waals surface area contributed by atoms with Crippen LogP contribution >= 0.6 is 0 Å². The molecule has 0 radical (unpaired) electrons. The molecule has 1 aliphatic heterocycles. The number of rotatable bonds is 5. The summed E-state index contributed by atoms with van der Waals surface area (Å²) >= 11 is 0. The van der Waals surface area contributed by atoms with E-state index >= 15 is 0 Å². The lowest BCUT2D eigenvalue weighted by Crippen LogP contribution is -2.53. The molecule has 0 aliphatic carbocycles. The third-order valence-electron chi connectivity index (χ3n) is 4.89. The van der Waals surface area contributed by atoms with Crippen LogP contribution in [0.25, 0.3) is 0 Å². The normalized spacial score (nSPS) is 19.1. The first-order valence-electron chi connectivity index (χ1n) is 8.73. The molecule has 24 heavy (non-hydrogen) atoms. The number of benzene rings is 1. The van der Waals surface area contributed by atoms with E-state index in [1.165, 1.54) is 11.1 Å². The van der Waals surface area contributed by atoms with Crippen molar-refractivity contribution in [1.82, 2.24) is 15.1 Å². The first-order valence-corrected chi connectivity index (χ1v) is 8.73. The second kappa shape index (κ2) is 8.18. The highest BCUT2D eigenvalue weighted by Crippen LogP contribution is 2.14. The summed E-state index contributed by atoms with van der Waals surface area (Å²) in [6, 6.07) is 8.63. The monoisotopic (exact) mass is 331 g/mol. The minimum atomic E-state index is -0.0540. The fourth-order valence-corrected chi connectivity index (χ4v) is 3.12. The van der Waals surface area contributed by atoms with E-state index in [2.05, 4.69) is 43.4 Å². The van der Waals surface area contributed by atoms with Crippen LogP contribution < -0.4 is 5.32 Å². The maximum Gasteiger partial charge on any atom is 0.317 e. The Hall–Kier alpha value is -2.04. The van der Waals surface area contributed by atoms with Gasteiger partial charge >= 0.3 is 6.03 Å². The second-order valence-corrected chi connectivity index (χ2v) is 6.82. The fourth-order valence-electron chi connectivity index (χ4n) is 3.12. The van der Waals surface area contributed by atoms with E-state index < -0.39 is 0 Å².